The summed E-state index contributed by atoms with van der Waals surface area (Å²) in [5.74, 6) is -0.465. The Kier molecular flexibility index (Phi) is 1.84. The van der Waals surface area contributed by atoms with E-state index < -0.39 is 5.41 Å². The van der Waals surface area contributed by atoms with Crippen LogP contribution in [0, 0.1) is 5.82 Å². The van der Waals surface area contributed by atoms with Crippen LogP contribution in [-0.2, 0) is 10.2 Å². The predicted molar refractivity (Wildman–Crippen MR) is 52.7 cm³/mol. The zero-order chi connectivity index (χ0) is 10.3. The molecule has 0 aromatic heterocycles. The number of benzene rings is 1. The van der Waals surface area contributed by atoms with Gasteiger partial charge in [0.05, 0.1) is 11.1 Å². The SMILES string of the molecule is CCC1(C)C(=O)Nc2c(F)cccc21. The van der Waals surface area contributed by atoms with Gasteiger partial charge in [-0.05, 0) is 25.0 Å². The fraction of sp³-hybridized carbons (Fsp3) is 0.364. The second kappa shape index (κ2) is 2.80. The molecule has 0 bridgehead atoms. The number of fused-ring (bicyclic) bond motifs is 1. The van der Waals surface area contributed by atoms with Gasteiger partial charge < -0.3 is 5.32 Å². The summed E-state index contributed by atoms with van der Waals surface area (Å²) >= 11 is 0. The van der Waals surface area contributed by atoms with Crippen molar-refractivity contribution < 1.29 is 9.18 Å². The number of carbonyl (C=O) groups excluding carboxylic acids is 1. The predicted octanol–water partition coefficient (Wildman–Crippen LogP) is 2.45. The number of anilines is 1. The molecule has 2 rings (SSSR count). The topological polar surface area (TPSA) is 29.1 Å². The van der Waals surface area contributed by atoms with Crippen molar-refractivity contribution in [1.29, 1.82) is 0 Å². The fourth-order valence-electron chi connectivity index (χ4n) is 1.84. The Morgan fingerprint density at radius 2 is 2.21 bits per heavy atom. The molecule has 14 heavy (non-hydrogen) atoms. The smallest absolute Gasteiger partial charge is 0.234 e. The zero-order valence-corrected chi connectivity index (χ0v) is 8.23. The summed E-state index contributed by atoms with van der Waals surface area (Å²) in [5, 5.41) is 2.59. The van der Waals surface area contributed by atoms with Gasteiger partial charge in [-0.15, -0.1) is 0 Å². The number of para-hydroxylation sites is 1. The van der Waals surface area contributed by atoms with Crippen molar-refractivity contribution in [3.63, 3.8) is 0 Å². The molecule has 1 aliphatic heterocycles. The second-order valence-electron chi connectivity index (χ2n) is 3.80. The van der Waals surface area contributed by atoms with Crippen LogP contribution in [0.25, 0.3) is 0 Å². The van der Waals surface area contributed by atoms with Crippen molar-refractivity contribution in [1.82, 2.24) is 0 Å². The normalized spacial score (nSPS) is 24.6. The molecule has 1 aromatic rings. The van der Waals surface area contributed by atoms with Crippen LogP contribution < -0.4 is 5.32 Å². The highest BCUT2D eigenvalue weighted by atomic mass is 19.1. The quantitative estimate of drug-likeness (QED) is 0.729. The highest BCUT2D eigenvalue weighted by Gasteiger charge is 2.42. The van der Waals surface area contributed by atoms with E-state index in [0.29, 0.717) is 12.1 Å². The van der Waals surface area contributed by atoms with Gasteiger partial charge in [-0.1, -0.05) is 19.1 Å². The van der Waals surface area contributed by atoms with E-state index >= 15 is 0 Å². The second-order valence-corrected chi connectivity index (χ2v) is 3.80. The third-order valence-electron chi connectivity index (χ3n) is 3.05. The van der Waals surface area contributed by atoms with Gasteiger partial charge in [0, 0.05) is 0 Å². The minimum Gasteiger partial charge on any atom is -0.323 e. The van der Waals surface area contributed by atoms with Crippen molar-refractivity contribution >= 4 is 11.6 Å². The lowest BCUT2D eigenvalue weighted by atomic mass is 9.81. The molecule has 0 spiro atoms. The van der Waals surface area contributed by atoms with E-state index in [2.05, 4.69) is 5.32 Å². The summed E-state index contributed by atoms with van der Waals surface area (Å²) < 4.78 is 13.3. The van der Waals surface area contributed by atoms with Gasteiger partial charge in [-0.2, -0.15) is 0 Å². The van der Waals surface area contributed by atoms with Crippen LogP contribution >= 0.6 is 0 Å². The Hall–Kier alpha value is -1.38. The Bertz CT molecular complexity index is 402. The summed E-state index contributed by atoms with van der Waals surface area (Å²) in [6.07, 6.45) is 0.676. The summed E-state index contributed by atoms with van der Waals surface area (Å²) in [7, 11) is 0. The summed E-state index contributed by atoms with van der Waals surface area (Å²) in [5.41, 5.74) is 0.545. The summed E-state index contributed by atoms with van der Waals surface area (Å²) in [6.45, 7) is 3.77. The molecule has 1 unspecified atom stereocenters. The van der Waals surface area contributed by atoms with Gasteiger partial charge in [-0.3, -0.25) is 4.79 Å². The number of amides is 1. The molecule has 1 atom stereocenters. The Morgan fingerprint density at radius 1 is 1.50 bits per heavy atom. The molecular weight excluding hydrogens is 181 g/mol. The first-order valence-corrected chi connectivity index (χ1v) is 4.70. The van der Waals surface area contributed by atoms with Crippen molar-refractivity contribution in [2.24, 2.45) is 0 Å². The van der Waals surface area contributed by atoms with Crippen LogP contribution in [-0.4, -0.2) is 5.91 Å². The van der Waals surface area contributed by atoms with Crippen molar-refractivity contribution in [3.8, 4) is 0 Å². The number of nitrogens with one attached hydrogen (secondary N) is 1. The van der Waals surface area contributed by atoms with Gasteiger partial charge in [0.2, 0.25) is 5.91 Å². The third-order valence-corrected chi connectivity index (χ3v) is 3.05. The molecule has 1 heterocycles. The van der Waals surface area contributed by atoms with Crippen molar-refractivity contribution in [3.05, 3.63) is 29.6 Å². The molecule has 0 saturated heterocycles. The fourth-order valence-corrected chi connectivity index (χ4v) is 1.84. The van der Waals surface area contributed by atoms with E-state index in [0.717, 1.165) is 5.56 Å². The molecule has 74 valence electrons. The Morgan fingerprint density at radius 3 is 2.86 bits per heavy atom. The molecule has 0 saturated carbocycles. The van der Waals surface area contributed by atoms with Crippen LogP contribution in [0.5, 0.6) is 0 Å². The lowest BCUT2D eigenvalue weighted by Crippen LogP contribution is -2.29. The molecule has 0 fully saturated rings. The molecule has 1 N–H and O–H groups in total. The lowest BCUT2D eigenvalue weighted by molar-refractivity contribution is -0.120. The van der Waals surface area contributed by atoms with Crippen LogP contribution in [0.4, 0.5) is 10.1 Å². The first kappa shape index (κ1) is 9.19. The van der Waals surface area contributed by atoms with Gasteiger partial charge >= 0.3 is 0 Å². The largest absolute Gasteiger partial charge is 0.323 e. The number of carbonyl (C=O) groups is 1. The average molecular weight is 193 g/mol. The van der Waals surface area contributed by atoms with Crippen LogP contribution in [0.3, 0.4) is 0 Å². The molecule has 1 aliphatic rings. The molecule has 2 nitrogen and oxygen atoms in total. The number of halogens is 1. The van der Waals surface area contributed by atoms with Gasteiger partial charge in [0.25, 0.3) is 0 Å². The molecule has 1 aromatic carbocycles. The van der Waals surface area contributed by atoms with Gasteiger partial charge in [0.1, 0.15) is 5.82 Å². The number of hydrogen-bond donors (Lipinski definition) is 1. The third kappa shape index (κ3) is 0.983. The van der Waals surface area contributed by atoms with E-state index in [4.69, 9.17) is 0 Å². The molecule has 0 radical (unpaired) electrons. The number of rotatable bonds is 1. The van der Waals surface area contributed by atoms with E-state index in [9.17, 15) is 9.18 Å². The lowest BCUT2D eigenvalue weighted by Gasteiger charge is -2.19. The van der Waals surface area contributed by atoms with E-state index in [1.54, 1.807) is 12.1 Å². The summed E-state index contributed by atoms with van der Waals surface area (Å²) in [4.78, 5) is 11.7. The Labute approximate surface area is 82.1 Å². The molecule has 3 heteroatoms. The van der Waals surface area contributed by atoms with Crippen LogP contribution in [0.15, 0.2) is 18.2 Å². The van der Waals surface area contributed by atoms with Gasteiger partial charge in [-0.25, -0.2) is 4.39 Å². The first-order valence-electron chi connectivity index (χ1n) is 4.70. The summed E-state index contributed by atoms with van der Waals surface area (Å²) in [6, 6.07) is 4.81. The monoisotopic (exact) mass is 193 g/mol. The highest BCUT2D eigenvalue weighted by Crippen LogP contribution is 2.40. The average Bonchev–Trinajstić information content (AvgIpc) is 2.43. The molecular formula is C11H12FNO. The minimum absolute atomic E-state index is 0.111. The Balaban J connectivity index is 2.64. The highest BCUT2D eigenvalue weighted by molar-refractivity contribution is 6.05. The molecule has 1 amide bonds. The van der Waals surface area contributed by atoms with Crippen LogP contribution in [0.2, 0.25) is 0 Å². The molecule has 0 aliphatic carbocycles. The maximum atomic E-state index is 13.3. The first-order chi connectivity index (χ1) is 6.59. The van der Waals surface area contributed by atoms with E-state index in [1.165, 1.54) is 6.07 Å². The minimum atomic E-state index is -0.572. The standard InChI is InChI=1S/C11H12FNO/c1-3-11(2)7-5-4-6-8(12)9(7)13-10(11)14/h4-6H,3H2,1-2H3,(H,13,14). The zero-order valence-electron chi connectivity index (χ0n) is 8.23. The van der Waals surface area contributed by atoms with Crippen LogP contribution in [0.1, 0.15) is 25.8 Å². The maximum absolute atomic E-state index is 13.3. The van der Waals surface area contributed by atoms with E-state index in [-0.39, 0.29) is 11.7 Å². The van der Waals surface area contributed by atoms with E-state index in [1.807, 2.05) is 13.8 Å². The van der Waals surface area contributed by atoms with Crippen molar-refractivity contribution in [2.75, 3.05) is 5.32 Å². The maximum Gasteiger partial charge on any atom is 0.234 e. The van der Waals surface area contributed by atoms with Gasteiger partial charge in [0.15, 0.2) is 0 Å². The number of hydrogen-bond acceptors (Lipinski definition) is 1. The van der Waals surface area contributed by atoms with Crippen molar-refractivity contribution in [2.45, 2.75) is 25.7 Å².